The number of carboxylic acid groups (broad SMARTS) is 1. The quantitative estimate of drug-likeness (QED) is 0.684. The Labute approximate surface area is 142 Å². The zero-order chi connectivity index (χ0) is 16.2. The molecule has 2 aromatic heterocycles. The van der Waals surface area contributed by atoms with Crippen molar-refractivity contribution in [2.24, 2.45) is 0 Å². The van der Waals surface area contributed by atoms with Crippen LogP contribution in [0.15, 0.2) is 46.9 Å². The lowest BCUT2D eigenvalue weighted by atomic mass is 10.1. The minimum atomic E-state index is -0.907. The van der Waals surface area contributed by atoms with E-state index in [4.69, 9.17) is 5.11 Å². The maximum atomic E-state index is 10.9. The average molecular weight is 345 g/mol. The van der Waals surface area contributed by atoms with E-state index in [1.807, 2.05) is 29.6 Å². The zero-order valence-corrected chi connectivity index (χ0v) is 14.1. The molecule has 5 nitrogen and oxygen atoms in total. The molecule has 0 saturated heterocycles. The van der Waals surface area contributed by atoms with Gasteiger partial charge in [-0.15, -0.1) is 21.5 Å². The van der Waals surface area contributed by atoms with Crippen molar-refractivity contribution in [2.75, 3.05) is 0 Å². The number of hydrogen-bond donors (Lipinski definition) is 1. The molecule has 0 bridgehead atoms. The van der Waals surface area contributed by atoms with E-state index < -0.39 is 5.97 Å². The zero-order valence-electron chi connectivity index (χ0n) is 12.5. The second-order valence-corrected chi connectivity index (χ2v) is 6.71. The maximum Gasteiger partial charge on any atom is 0.335 e. The molecule has 0 radical (unpaired) electrons. The first-order valence-electron chi connectivity index (χ1n) is 7.11. The van der Waals surface area contributed by atoms with Crippen molar-refractivity contribution in [1.82, 2.24) is 14.8 Å². The van der Waals surface area contributed by atoms with Gasteiger partial charge in [0.1, 0.15) is 0 Å². The number of nitrogens with zero attached hydrogens (tertiary/aromatic N) is 3. The highest BCUT2D eigenvalue weighted by Gasteiger charge is 2.14. The number of thiophene rings is 1. The fourth-order valence-electron chi connectivity index (χ4n) is 2.16. The molecule has 0 unspecified atom stereocenters. The highest BCUT2D eigenvalue weighted by molar-refractivity contribution is 7.98. The fourth-order valence-corrected chi connectivity index (χ4v) is 3.84. The Balaban J connectivity index is 1.74. The molecule has 1 aromatic carbocycles. The number of carbonyl (C=O) groups is 1. The minimum absolute atomic E-state index is 0.301. The van der Waals surface area contributed by atoms with Gasteiger partial charge in [0, 0.05) is 12.3 Å². The lowest BCUT2D eigenvalue weighted by Crippen LogP contribution is -1.99. The highest BCUT2D eigenvalue weighted by Crippen LogP contribution is 2.28. The lowest BCUT2D eigenvalue weighted by molar-refractivity contribution is 0.0697. The highest BCUT2D eigenvalue weighted by atomic mass is 32.2. The largest absolute Gasteiger partial charge is 0.478 e. The van der Waals surface area contributed by atoms with Gasteiger partial charge in [0.25, 0.3) is 0 Å². The minimum Gasteiger partial charge on any atom is -0.478 e. The number of aromatic carboxylic acids is 1. The first-order chi connectivity index (χ1) is 11.2. The number of hydrogen-bond acceptors (Lipinski definition) is 5. The molecule has 0 saturated carbocycles. The molecule has 2 heterocycles. The molecule has 3 aromatic rings. The molecule has 0 fully saturated rings. The summed E-state index contributed by atoms with van der Waals surface area (Å²) in [6.45, 7) is 2.88. The summed E-state index contributed by atoms with van der Waals surface area (Å²) in [5, 5.41) is 20.4. The van der Waals surface area contributed by atoms with E-state index in [2.05, 4.69) is 21.7 Å². The Hall–Kier alpha value is -2.12. The summed E-state index contributed by atoms with van der Waals surface area (Å²) in [5.74, 6) is 0.712. The van der Waals surface area contributed by atoms with Gasteiger partial charge < -0.3 is 9.67 Å². The van der Waals surface area contributed by atoms with Crippen LogP contribution in [0.2, 0.25) is 0 Å². The number of carboxylic acids is 1. The molecular weight excluding hydrogens is 330 g/mol. The van der Waals surface area contributed by atoms with Gasteiger partial charge in [0.2, 0.25) is 0 Å². The Morgan fingerprint density at radius 2 is 2.04 bits per heavy atom. The summed E-state index contributed by atoms with van der Waals surface area (Å²) in [4.78, 5) is 12.0. The molecular formula is C16H15N3O2S2. The third-order valence-corrected chi connectivity index (χ3v) is 5.25. The molecule has 1 N–H and O–H groups in total. The third kappa shape index (κ3) is 3.46. The van der Waals surface area contributed by atoms with Crippen molar-refractivity contribution in [1.29, 1.82) is 0 Å². The van der Waals surface area contributed by atoms with E-state index >= 15 is 0 Å². The van der Waals surface area contributed by atoms with Crippen LogP contribution in [0.3, 0.4) is 0 Å². The first kappa shape index (κ1) is 15.8. The Bertz CT molecular complexity index is 795. The number of thioether (sulfide) groups is 1. The summed E-state index contributed by atoms with van der Waals surface area (Å²) in [5.41, 5.74) is 1.36. The van der Waals surface area contributed by atoms with Crippen LogP contribution in [0.1, 0.15) is 22.8 Å². The van der Waals surface area contributed by atoms with E-state index in [1.54, 1.807) is 35.2 Å². The number of rotatable bonds is 6. The summed E-state index contributed by atoms with van der Waals surface area (Å²) in [6.07, 6.45) is 0. The summed E-state index contributed by atoms with van der Waals surface area (Å²) in [6, 6.07) is 11.0. The van der Waals surface area contributed by atoms with Crippen molar-refractivity contribution in [3.8, 4) is 10.7 Å². The van der Waals surface area contributed by atoms with Gasteiger partial charge in [-0.3, -0.25) is 0 Å². The number of aromatic nitrogens is 3. The predicted octanol–water partition coefficient (Wildman–Crippen LogP) is 4.02. The van der Waals surface area contributed by atoms with Crippen molar-refractivity contribution in [3.63, 3.8) is 0 Å². The van der Waals surface area contributed by atoms with Crippen LogP contribution in [-0.2, 0) is 12.3 Å². The molecule has 3 rings (SSSR count). The topological polar surface area (TPSA) is 68.0 Å². The van der Waals surface area contributed by atoms with Gasteiger partial charge in [-0.1, -0.05) is 30.0 Å². The van der Waals surface area contributed by atoms with E-state index in [0.29, 0.717) is 5.56 Å². The first-order valence-corrected chi connectivity index (χ1v) is 8.97. The van der Waals surface area contributed by atoms with E-state index in [0.717, 1.165) is 33.7 Å². The fraction of sp³-hybridized carbons (Fsp3) is 0.188. The molecule has 118 valence electrons. The molecule has 0 atom stereocenters. The molecule has 0 aliphatic heterocycles. The smallest absolute Gasteiger partial charge is 0.335 e. The Morgan fingerprint density at radius 3 is 2.65 bits per heavy atom. The van der Waals surface area contributed by atoms with Crippen LogP contribution in [0.4, 0.5) is 0 Å². The second-order valence-electron chi connectivity index (χ2n) is 4.82. The van der Waals surface area contributed by atoms with Crippen molar-refractivity contribution in [2.45, 2.75) is 24.4 Å². The van der Waals surface area contributed by atoms with Crippen LogP contribution in [0.5, 0.6) is 0 Å². The SMILES string of the molecule is CCn1c(SCc2ccc(C(=O)O)cc2)nnc1-c1cccs1. The third-order valence-electron chi connectivity index (χ3n) is 3.34. The lowest BCUT2D eigenvalue weighted by Gasteiger charge is -2.06. The average Bonchev–Trinajstić information content (AvgIpc) is 3.22. The van der Waals surface area contributed by atoms with Crippen LogP contribution >= 0.6 is 23.1 Å². The van der Waals surface area contributed by atoms with Crippen LogP contribution in [0, 0.1) is 0 Å². The van der Waals surface area contributed by atoms with Crippen molar-refractivity contribution < 1.29 is 9.90 Å². The molecule has 0 aliphatic rings. The van der Waals surface area contributed by atoms with Gasteiger partial charge in [0.15, 0.2) is 11.0 Å². The Morgan fingerprint density at radius 1 is 1.26 bits per heavy atom. The molecule has 23 heavy (non-hydrogen) atoms. The van der Waals surface area contributed by atoms with E-state index in [1.165, 1.54) is 0 Å². The normalized spacial score (nSPS) is 10.8. The van der Waals surface area contributed by atoms with Crippen molar-refractivity contribution in [3.05, 3.63) is 52.9 Å². The summed E-state index contributed by atoms with van der Waals surface area (Å²) in [7, 11) is 0. The molecule has 0 spiro atoms. The van der Waals surface area contributed by atoms with E-state index in [-0.39, 0.29) is 0 Å². The van der Waals surface area contributed by atoms with Crippen LogP contribution in [-0.4, -0.2) is 25.8 Å². The van der Waals surface area contributed by atoms with Gasteiger partial charge in [0.05, 0.1) is 10.4 Å². The number of benzene rings is 1. The molecule has 7 heteroatoms. The van der Waals surface area contributed by atoms with Gasteiger partial charge in [-0.05, 0) is 36.1 Å². The molecule has 0 aliphatic carbocycles. The maximum absolute atomic E-state index is 10.9. The monoisotopic (exact) mass is 345 g/mol. The summed E-state index contributed by atoms with van der Waals surface area (Å²) < 4.78 is 2.10. The predicted molar refractivity (Wildman–Crippen MR) is 92.0 cm³/mol. The summed E-state index contributed by atoms with van der Waals surface area (Å²) >= 11 is 3.25. The van der Waals surface area contributed by atoms with Gasteiger partial charge in [-0.25, -0.2) is 4.79 Å². The van der Waals surface area contributed by atoms with Crippen LogP contribution < -0.4 is 0 Å². The van der Waals surface area contributed by atoms with Crippen molar-refractivity contribution >= 4 is 29.1 Å². The van der Waals surface area contributed by atoms with Crippen LogP contribution in [0.25, 0.3) is 10.7 Å². The van der Waals surface area contributed by atoms with Gasteiger partial charge >= 0.3 is 5.97 Å². The Kier molecular flexibility index (Phi) is 4.78. The van der Waals surface area contributed by atoms with E-state index in [9.17, 15) is 4.79 Å². The second kappa shape index (κ2) is 6.97. The molecule has 0 amide bonds. The standard InChI is InChI=1S/C16H15N3O2S2/c1-2-19-14(13-4-3-9-22-13)17-18-16(19)23-10-11-5-7-12(8-6-11)15(20)21/h3-9H,2,10H2,1H3,(H,20,21). The van der Waals surface area contributed by atoms with Gasteiger partial charge in [-0.2, -0.15) is 0 Å².